The molecule has 0 radical (unpaired) electrons. The third-order valence-electron chi connectivity index (χ3n) is 3.36. The average molecular weight is 361 g/mol. The van der Waals surface area contributed by atoms with E-state index in [0.29, 0.717) is 9.52 Å². The molecule has 0 aliphatic carbocycles. The maximum atomic E-state index is 13.7. The number of halogens is 2. The predicted octanol–water partition coefficient (Wildman–Crippen LogP) is 3.80. The molecule has 1 aromatic heterocycles. The van der Waals surface area contributed by atoms with Gasteiger partial charge >= 0.3 is 0 Å². The van der Waals surface area contributed by atoms with Crippen molar-refractivity contribution in [1.29, 1.82) is 0 Å². The SMILES string of the molecule is CCC(C)(C)Cn1c(N)nc2cc(I)c(F)cc21. The van der Waals surface area contributed by atoms with Gasteiger partial charge in [0, 0.05) is 12.6 Å². The van der Waals surface area contributed by atoms with Gasteiger partial charge in [0.1, 0.15) is 5.82 Å². The quantitative estimate of drug-likeness (QED) is 0.846. The number of hydrogen-bond acceptors (Lipinski definition) is 2. The van der Waals surface area contributed by atoms with Crippen LogP contribution in [0.15, 0.2) is 12.1 Å². The minimum Gasteiger partial charge on any atom is -0.369 e. The van der Waals surface area contributed by atoms with E-state index in [4.69, 9.17) is 5.73 Å². The van der Waals surface area contributed by atoms with E-state index in [0.717, 1.165) is 24.0 Å². The molecule has 1 heterocycles. The van der Waals surface area contributed by atoms with E-state index in [2.05, 4.69) is 25.8 Å². The van der Waals surface area contributed by atoms with E-state index < -0.39 is 0 Å². The molecular formula is C13H17FIN3. The van der Waals surface area contributed by atoms with Gasteiger partial charge < -0.3 is 10.3 Å². The van der Waals surface area contributed by atoms with Crippen molar-refractivity contribution < 1.29 is 4.39 Å². The van der Waals surface area contributed by atoms with Crippen LogP contribution in [0.3, 0.4) is 0 Å². The fourth-order valence-electron chi connectivity index (χ4n) is 1.84. The minimum absolute atomic E-state index is 0.112. The molecule has 0 spiro atoms. The fourth-order valence-corrected chi connectivity index (χ4v) is 2.30. The highest BCUT2D eigenvalue weighted by molar-refractivity contribution is 14.1. The van der Waals surface area contributed by atoms with Gasteiger partial charge in [-0.05, 0) is 40.5 Å². The Morgan fingerprint density at radius 2 is 2.11 bits per heavy atom. The van der Waals surface area contributed by atoms with Crippen LogP contribution in [0.2, 0.25) is 0 Å². The van der Waals surface area contributed by atoms with Crippen LogP contribution >= 0.6 is 22.6 Å². The number of hydrogen-bond donors (Lipinski definition) is 1. The lowest BCUT2D eigenvalue weighted by molar-refractivity contribution is 0.300. The molecule has 0 amide bonds. The maximum absolute atomic E-state index is 13.7. The lowest BCUT2D eigenvalue weighted by atomic mass is 9.90. The average Bonchev–Trinajstić information content (AvgIpc) is 2.57. The molecule has 0 atom stereocenters. The molecule has 0 aliphatic rings. The smallest absolute Gasteiger partial charge is 0.201 e. The van der Waals surface area contributed by atoms with Crippen molar-refractivity contribution in [1.82, 2.24) is 9.55 Å². The zero-order chi connectivity index (χ0) is 13.5. The number of nitrogen functional groups attached to an aromatic ring is 1. The Hall–Kier alpha value is -0.850. The molecule has 0 saturated heterocycles. The predicted molar refractivity (Wildman–Crippen MR) is 80.9 cm³/mol. The first-order valence-corrected chi connectivity index (χ1v) is 7.02. The number of benzene rings is 1. The summed E-state index contributed by atoms with van der Waals surface area (Å²) in [6.45, 7) is 7.22. The highest BCUT2D eigenvalue weighted by atomic mass is 127. The van der Waals surface area contributed by atoms with E-state index in [1.54, 1.807) is 6.07 Å². The van der Waals surface area contributed by atoms with Crippen molar-refractivity contribution in [3.05, 3.63) is 21.5 Å². The maximum Gasteiger partial charge on any atom is 0.201 e. The number of rotatable bonds is 3. The molecule has 0 aliphatic heterocycles. The molecule has 0 saturated carbocycles. The van der Waals surface area contributed by atoms with Crippen LogP contribution in [0, 0.1) is 14.8 Å². The number of anilines is 1. The summed E-state index contributed by atoms with van der Waals surface area (Å²) < 4.78 is 16.1. The van der Waals surface area contributed by atoms with Crippen LogP contribution < -0.4 is 5.73 Å². The largest absolute Gasteiger partial charge is 0.369 e. The molecule has 2 rings (SSSR count). The number of nitrogens with zero attached hydrogens (tertiary/aromatic N) is 2. The van der Waals surface area contributed by atoms with Gasteiger partial charge in [-0.25, -0.2) is 9.37 Å². The molecule has 0 bridgehead atoms. The fraction of sp³-hybridized carbons (Fsp3) is 0.462. The Kier molecular flexibility index (Phi) is 3.53. The topological polar surface area (TPSA) is 43.8 Å². The molecule has 0 fully saturated rings. The van der Waals surface area contributed by atoms with E-state index in [1.807, 2.05) is 27.2 Å². The Morgan fingerprint density at radius 3 is 2.72 bits per heavy atom. The molecule has 5 heteroatoms. The molecule has 18 heavy (non-hydrogen) atoms. The van der Waals surface area contributed by atoms with Gasteiger partial charge in [0.25, 0.3) is 0 Å². The Bertz CT molecular complexity index is 589. The van der Waals surface area contributed by atoms with E-state index in [1.165, 1.54) is 6.07 Å². The molecular weight excluding hydrogens is 344 g/mol. The van der Waals surface area contributed by atoms with Crippen molar-refractivity contribution >= 4 is 39.6 Å². The van der Waals surface area contributed by atoms with Gasteiger partial charge in [0.2, 0.25) is 5.95 Å². The van der Waals surface area contributed by atoms with Crippen LogP contribution in [0.1, 0.15) is 27.2 Å². The highest BCUT2D eigenvalue weighted by Gasteiger charge is 2.20. The standard InChI is InChI=1S/C13H17FIN3/c1-4-13(2,3)7-18-11-5-8(14)9(15)6-10(11)17-12(18)16/h5-6H,4,7H2,1-3H3,(H2,16,17). The molecule has 98 valence electrons. The zero-order valence-corrected chi connectivity index (χ0v) is 13.0. The summed E-state index contributed by atoms with van der Waals surface area (Å²) in [6, 6.07) is 3.25. The van der Waals surface area contributed by atoms with Crippen LogP contribution in [-0.4, -0.2) is 9.55 Å². The second-order valence-corrected chi connectivity index (χ2v) is 6.49. The normalized spacial score (nSPS) is 12.3. The number of aromatic nitrogens is 2. The Labute approximate surface area is 120 Å². The van der Waals surface area contributed by atoms with Crippen LogP contribution in [0.5, 0.6) is 0 Å². The van der Waals surface area contributed by atoms with Gasteiger partial charge in [0.15, 0.2) is 0 Å². The first kappa shape index (κ1) is 13.6. The van der Waals surface area contributed by atoms with Crippen LogP contribution in [0.25, 0.3) is 11.0 Å². The second kappa shape index (κ2) is 4.68. The van der Waals surface area contributed by atoms with Gasteiger partial charge in [-0.2, -0.15) is 0 Å². The third-order valence-corrected chi connectivity index (χ3v) is 4.19. The Morgan fingerprint density at radius 1 is 1.44 bits per heavy atom. The third kappa shape index (κ3) is 2.46. The van der Waals surface area contributed by atoms with Gasteiger partial charge in [-0.15, -0.1) is 0 Å². The highest BCUT2D eigenvalue weighted by Crippen LogP contribution is 2.28. The van der Waals surface area contributed by atoms with E-state index in [-0.39, 0.29) is 11.2 Å². The number of fused-ring (bicyclic) bond motifs is 1. The van der Waals surface area contributed by atoms with E-state index >= 15 is 0 Å². The molecule has 0 unspecified atom stereocenters. The van der Waals surface area contributed by atoms with Gasteiger partial charge in [-0.1, -0.05) is 20.8 Å². The number of nitrogens with two attached hydrogens (primary N) is 1. The summed E-state index contributed by atoms with van der Waals surface area (Å²) in [6.07, 6.45) is 1.03. The van der Waals surface area contributed by atoms with Crippen LogP contribution in [-0.2, 0) is 6.54 Å². The van der Waals surface area contributed by atoms with E-state index in [9.17, 15) is 4.39 Å². The van der Waals surface area contributed by atoms with Crippen molar-refractivity contribution in [2.45, 2.75) is 33.7 Å². The number of imidazole rings is 1. The van der Waals surface area contributed by atoms with Gasteiger partial charge in [0.05, 0.1) is 14.6 Å². The molecule has 2 N–H and O–H groups in total. The minimum atomic E-state index is -0.224. The van der Waals surface area contributed by atoms with Crippen LogP contribution in [0.4, 0.5) is 10.3 Å². The summed E-state index contributed by atoms with van der Waals surface area (Å²) >= 11 is 1.96. The summed E-state index contributed by atoms with van der Waals surface area (Å²) in [5, 5.41) is 0. The van der Waals surface area contributed by atoms with Crippen molar-refractivity contribution in [2.75, 3.05) is 5.73 Å². The summed E-state index contributed by atoms with van der Waals surface area (Å²) in [5.41, 5.74) is 7.58. The summed E-state index contributed by atoms with van der Waals surface area (Å²) in [4.78, 5) is 4.30. The lowest BCUT2D eigenvalue weighted by Gasteiger charge is -2.24. The molecule has 2 aromatic rings. The second-order valence-electron chi connectivity index (χ2n) is 5.33. The van der Waals surface area contributed by atoms with Crippen molar-refractivity contribution in [2.24, 2.45) is 5.41 Å². The first-order chi connectivity index (χ1) is 8.34. The lowest BCUT2D eigenvalue weighted by Crippen LogP contribution is -2.19. The Balaban J connectivity index is 2.57. The summed E-state index contributed by atoms with van der Waals surface area (Å²) in [5.74, 6) is 0.228. The molecule has 1 aromatic carbocycles. The van der Waals surface area contributed by atoms with Crippen molar-refractivity contribution in [3.63, 3.8) is 0 Å². The zero-order valence-electron chi connectivity index (χ0n) is 10.8. The van der Waals surface area contributed by atoms with Gasteiger partial charge in [-0.3, -0.25) is 0 Å². The molecule has 3 nitrogen and oxygen atoms in total. The monoisotopic (exact) mass is 361 g/mol. The first-order valence-electron chi connectivity index (χ1n) is 5.95. The van der Waals surface area contributed by atoms with Crippen molar-refractivity contribution in [3.8, 4) is 0 Å². The summed E-state index contributed by atoms with van der Waals surface area (Å²) in [7, 11) is 0.